The SMILES string of the molecule is C[Si](C)(C)N=P(I)(I)N([Si](C)(C)C)[Si](C)(C)C. The fraction of sp³-hybridized carbons (Fsp3) is 1.00. The molecule has 0 aliphatic rings. The van der Waals surface area contributed by atoms with Gasteiger partial charge < -0.3 is 4.41 Å². The molecule has 0 aromatic carbocycles. The number of hydrogen-bond acceptors (Lipinski definition) is 1. The van der Waals surface area contributed by atoms with Gasteiger partial charge in [-0.25, -0.2) is 0 Å². The van der Waals surface area contributed by atoms with Crippen LogP contribution in [0.15, 0.2) is 4.41 Å². The summed E-state index contributed by atoms with van der Waals surface area (Å²) in [5.41, 5.74) is 0. The third-order valence-corrected chi connectivity index (χ3v) is 29.0. The van der Waals surface area contributed by atoms with E-state index in [0.717, 1.165) is 0 Å². The number of rotatable bonds is 4. The highest BCUT2D eigenvalue weighted by atomic mass is 127. The van der Waals surface area contributed by atoms with Gasteiger partial charge in [0.15, 0.2) is 8.24 Å². The molecule has 0 bridgehead atoms. The van der Waals surface area contributed by atoms with E-state index >= 15 is 0 Å². The molecular formula is C9H27I2N2PSi3. The molecule has 0 heterocycles. The first-order valence-corrected chi connectivity index (χ1v) is 23.5. The van der Waals surface area contributed by atoms with Crippen LogP contribution in [0.1, 0.15) is 0 Å². The van der Waals surface area contributed by atoms with E-state index in [1.807, 2.05) is 0 Å². The van der Waals surface area contributed by atoms with Crippen molar-refractivity contribution in [3.8, 4) is 0 Å². The molecule has 0 unspecified atom stereocenters. The minimum atomic E-state index is -1.35. The zero-order valence-electron chi connectivity index (χ0n) is 12.6. The second-order valence-corrected chi connectivity index (χ2v) is 38.2. The third kappa shape index (κ3) is 7.03. The first-order valence-electron chi connectivity index (χ1n) is 5.91. The maximum atomic E-state index is 5.29. The van der Waals surface area contributed by atoms with Crippen LogP contribution in [0, 0.1) is 0 Å². The average molecular weight is 532 g/mol. The fourth-order valence-corrected chi connectivity index (χ4v) is 55.0. The third-order valence-electron chi connectivity index (χ3n) is 1.93. The van der Waals surface area contributed by atoms with Crippen molar-refractivity contribution in [2.75, 3.05) is 0 Å². The molecule has 0 aromatic heterocycles. The van der Waals surface area contributed by atoms with Crippen molar-refractivity contribution in [3.05, 3.63) is 0 Å². The van der Waals surface area contributed by atoms with E-state index in [9.17, 15) is 0 Å². The van der Waals surface area contributed by atoms with Crippen LogP contribution in [0.5, 0.6) is 0 Å². The van der Waals surface area contributed by atoms with Crippen molar-refractivity contribution in [3.63, 3.8) is 0 Å². The van der Waals surface area contributed by atoms with E-state index < -0.39 is 27.2 Å². The lowest BCUT2D eigenvalue weighted by Crippen LogP contribution is -2.55. The fourth-order valence-electron chi connectivity index (χ4n) is 2.13. The standard InChI is InChI=1S/C9H27I2N2PSi3/c1-15(2,3)12-14(10,11)13(16(4,5)6)17(7,8)9/h1-9H3. The van der Waals surface area contributed by atoms with Crippen LogP contribution >= 0.6 is 46.6 Å². The van der Waals surface area contributed by atoms with Crippen LogP contribution in [0.25, 0.3) is 0 Å². The minimum absolute atomic E-state index is 1.30. The molecule has 8 heteroatoms. The molecule has 104 valence electrons. The molecule has 0 saturated carbocycles. The summed E-state index contributed by atoms with van der Waals surface area (Å²) in [6.07, 6.45) is 0. The Hall–Kier alpha value is 2.30. The van der Waals surface area contributed by atoms with Crippen molar-refractivity contribution < 1.29 is 0 Å². The van der Waals surface area contributed by atoms with Crippen LogP contribution in [0.3, 0.4) is 0 Å². The molecule has 0 spiro atoms. The summed E-state index contributed by atoms with van der Waals surface area (Å²) in [5, 5.41) is 0. The predicted molar refractivity (Wildman–Crippen MR) is 109 cm³/mol. The molecule has 0 radical (unpaired) electrons. The summed E-state index contributed by atoms with van der Waals surface area (Å²) >= 11 is 5.35. The second kappa shape index (κ2) is 5.97. The largest absolute Gasteiger partial charge is 0.309 e. The molecule has 0 fully saturated rings. The molecule has 0 aromatic rings. The van der Waals surface area contributed by atoms with E-state index in [4.69, 9.17) is 4.41 Å². The zero-order chi connectivity index (χ0) is 14.3. The maximum Gasteiger partial charge on any atom is 0.173 e. The second-order valence-electron chi connectivity index (χ2n) is 7.38. The van der Waals surface area contributed by atoms with Crippen molar-refractivity contribution in [2.45, 2.75) is 58.9 Å². The van der Waals surface area contributed by atoms with Gasteiger partial charge in [-0.2, -0.15) is 0 Å². The van der Waals surface area contributed by atoms with Gasteiger partial charge in [0.1, 0.15) is 19.0 Å². The molecule has 0 aliphatic carbocycles. The van der Waals surface area contributed by atoms with E-state index in [-0.39, 0.29) is 0 Å². The van der Waals surface area contributed by atoms with Gasteiger partial charge in [0.05, 0.1) is 0 Å². The molecule has 2 nitrogen and oxygen atoms in total. The highest BCUT2D eigenvalue weighted by molar-refractivity contribution is 14.3. The highest BCUT2D eigenvalue weighted by Gasteiger charge is 2.42. The van der Waals surface area contributed by atoms with Gasteiger partial charge in [-0.3, -0.25) is 4.00 Å². The quantitative estimate of drug-likeness (QED) is 0.226. The van der Waals surface area contributed by atoms with Crippen molar-refractivity contribution >= 4 is 71.3 Å². The first-order chi connectivity index (χ1) is 7.07. The summed E-state index contributed by atoms with van der Waals surface area (Å²) in [4.78, 5) is 0. The maximum absolute atomic E-state index is 5.29. The number of halogens is 2. The first kappa shape index (κ1) is 19.3. The lowest BCUT2D eigenvalue weighted by atomic mass is 11.8. The van der Waals surface area contributed by atoms with E-state index in [1.54, 1.807) is 0 Å². The molecule has 0 atom stereocenters. The Balaban J connectivity index is 5.74. The number of hydrogen-bond donors (Lipinski definition) is 0. The summed E-state index contributed by atoms with van der Waals surface area (Å²) in [7, 11) is -3.95. The minimum Gasteiger partial charge on any atom is -0.309 e. The highest BCUT2D eigenvalue weighted by Crippen LogP contribution is 2.72. The van der Waals surface area contributed by atoms with Gasteiger partial charge in [0.25, 0.3) is 0 Å². The molecular weight excluding hydrogens is 505 g/mol. The van der Waals surface area contributed by atoms with E-state index in [0.29, 0.717) is 0 Å². The van der Waals surface area contributed by atoms with Crippen molar-refractivity contribution in [2.24, 2.45) is 4.41 Å². The Labute approximate surface area is 137 Å². The van der Waals surface area contributed by atoms with Gasteiger partial charge in [0, 0.05) is 0 Å². The lowest BCUT2D eigenvalue weighted by molar-refractivity contribution is 0.989. The van der Waals surface area contributed by atoms with Crippen LogP contribution < -0.4 is 0 Å². The lowest BCUT2D eigenvalue weighted by Gasteiger charge is -2.47. The van der Waals surface area contributed by atoms with Crippen LogP contribution in [0.2, 0.25) is 58.9 Å². The Morgan fingerprint density at radius 2 is 1.06 bits per heavy atom. The topological polar surface area (TPSA) is 15.6 Å². The van der Waals surface area contributed by atoms with Gasteiger partial charge in [-0.1, -0.05) is 39.3 Å². The molecule has 0 amide bonds. The van der Waals surface area contributed by atoms with E-state index in [2.05, 4.69) is 107 Å². The summed E-state index contributed by atoms with van der Waals surface area (Å²) < 4.78 is 6.85. The smallest absolute Gasteiger partial charge is 0.173 e. The molecule has 17 heavy (non-hydrogen) atoms. The zero-order valence-corrected chi connectivity index (χ0v) is 20.8. The van der Waals surface area contributed by atoms with Crippen molar-refractivity contribution in [1.29, 1.82) is 0 Å². The average Bonchev–Trinajstić information content (AvgIpc) is 1.66. The Bertz CT molecular complexity index is 309. The van der Waals surface area contributed by atoms with Gasteiger partial charge >= 0.3 is 0 Å². The summed E-state index contributed by atoms with van der Waals surface area (Å²) in [5.74, 6) is 0. The van der Waals surface area contributed by atoms with Gasteiger partial charge in [0.2, 0.25) is 0 Å². The molecule has 0 N–H and O–H groups in total. The predicted octanol–water partition coefficient (Wildman–Crippen LogP) is 6.61. The molecule has 0 saturated heterocycles. The van der Waals surface area contributed by atoms with Gasteiger partial charge in [-0.05, 0) is 63.7 Å². The van der Waals surface area contributed by atoms with Crippen LogP contribution in [-0.4, -0.2) is 28.7 Å². The van der Waals surface area contributed by atoms with Crippen LogP contribution in [-0.2, 0) is 0 Å². The normalized spacial score (nSPS) is 15.3. The summed E-state index contributed by atoms with van der Waals surface area (Å²) in [6, 6.07) is 0. The number of nitrogens with zero attached hydrogens (tertiary/aromatic N) is 2. The molecule has 0 aliphatic heterocycles. The molecule has 0 rings (SSSR count). The monoisotopic (exact) mass is 532 g/mol. The van der Waals surface area contributed by atoms with Gasteiger partial charge in [-0.15, -0.1) is 0 Å². The van der Waals surface area contributed by atoms with Crippen molar-refractivity contribution in [1.82, 2.24) is 4.00 Å². The van der Waals surface area contributed by atoms with E-state index in [1.165, 1.54) is 0 Å². The Kier molecular flexibility index (Phi) is 6.77. The van der Waals surface area contributed by atoms with Crippen LogP contribution in [0.4, 0.5) is 0 Å². The Morgan fingerprint density at radius 3 is 1.24 bits per heavy atom. The summed E-state index contributed by atoms with van der Waals surface area (Å²) in [6.45, 7) is 21.9. The Morgan fingerprint density at radius 1 is 0.765 bits per heavy atom.